The van der Waals surface area contributed by atoms with Crippen molar-refractivity contribution in [3.05, 3.63) is 23.8 Å². The number of hydrogen-bond donors (Lipinski definition) is 3. The summed E-state index contributed by atoms with van der Waals surface area (Å²) in [5, 5.41) is 14.7. The Balaban J connectivity index is 1.72. The number of ether oxygens (including phenoxy) is 2. The fraction of sp³-hybridized carbons (Fsp3) is 0.529. The first-order chi connectivity index (χ1) is 11.6. The van der Waals surface area contributed by atoms with Crippen LogP contribution in [-0.2, 0) is 4.79 Å². The van der Waals surface area contributed by atoms with Gasteiger partial charge in [-0.15, -0.1) is 0 Å². The largest absolute Gasteiger partial charge is 0.493 e. The van der Waals surface area contributed by atoms with E-state index in [9.17, 15) is 14.7 Å². The topological polar surface area (TPSA) is 96.9 Å². The van der Waals surface area contributed by atoms with Gasteiger partial charge in [0.05, 0.1) is 25.7 Å². The Morgan fingerprint density at radius 2 is 2.04 bits per heavy atom. The van der Waals surface area contributed by atoms with Gasteiger partial charge >= 0.3 is 0 Å². The summed E-state index contributed by atoms with van der Waals surface area (Å²) in [5.41, 5.74) is 0.398. The summed E-state index contributed by atoms with van der Waals surface area (Å²) in [6, 6.07) is 4.33. The fourth-order valence-corrected chi connectivity index (χ4v) is 3.11. The van der Waals surface area contributed by atoms with Gasteiger partial charge in [-0.05, 0) is 43.9 Å². The second kappa shape index (κ2) is 7.09. The molecular formula is C17H22N2O5. The van der Waals surface area contributed by atoms with Crippen molar-refractivity contribution in [3.63, 3.8) is 0 Å². The van der Waals surface area contributed by atoms with E-state index in [1.54, 1.807) is 25.3 Å². The van der Waals surface area contributed by atoms with Crippen LogP contribution in [0, 0.1) is 0 Å². The molecule has 0 aromatic heterocycles. The first-order valence-corrected chi connectivity index (χ1v) is 8.20. The molecule has 7 heteroatoms. The van der Waals surface area contributed by atoms with E-state index in [-0.39, 0.29) is 24.3 Å². The summed E-state index contributed by atoms with van der Waals surface area (Å²) < 4.78 is 11.3. The molecule has 3 rings (SSSR count). The summed E-state index contributed by atoms with van der Waals surface area (Å²) in [5.74, 6) is 0.469. The maximum absolute atomic E-state index is 12.4. The summed E-state index contributed by atoms with van der Waals surface area (Å²) >= 11 is 0. The van der Waals surface area contributed by atoms with Crippen molar-refractivity contribution in [2.45, 2.75) is 50.5 Å². The Morgan fingerprint density at radius 3 is 2.67 bits per heavy atom. The maximum Gasteiger partial charge on any atom is 0.251 e. The molecule has 7 nitrogen and oxygen atoms in total. The molecule has 2 atom stereocenters. The summed E-state index contributed by atoms with van der Waals surface area (Å²) in [6.07, 6.45) is 3.45. The molecular weight excluding hydrogens is 312 g/mol. The van der Waals surface area contributed by atoms with E-state index in [2.05, 4.69) is 10.6 Å². The number of nitrogens with one attached hydrogen (secondary N) is 2. The van der Waals surface area contributed by atoms with Gasteiger partial charge in [0.25, 0.3) is 5.91 Å². The third kappa shape index (κ3) is 3.62. The van der Waals surface area contributed by atoms with Crippen LogP contribution in [-0.4, -0.2) is 42.4 Å². The highest BCUT2D eigenvalue weighted by atomic mass is 16.5. The molecule has 1 heterocycles. The van der Waals surface area contributed by atoms with Gasteiger partial charge in [-0.1, -0.05) is 0 Å². The quantitative estimate of drug-likeness (QED) is 0.745. The number of carbonyl (C=O) groups is 2. The van der Waals surface area contributed by atoms with Crippen molar-refractivity contribution in [2.24, 2.45) is 0 Å². The van der Waals surface area contributed by atoms with Crippen molar-refractivity contribution < 1.29 is 24.2 Å². The van der Waals surface area contributed by atoms with Crippen LogP contribution < -0.4 is 20.1 Å². The van der Waals surface area contributed by atoms with Crippen LogP contribution in [0.4, 0.5) is 0 Å². The Morgan fingerprint density at radius 1 is 1.29 bits per heavy atom. The van der Waals surface area contributed by atoms with Crippen LogP contribution in [0.2, 0.25) is 0 Å². The average molecular weight is 334 g/mol. The van der Waals surface area contributed by atoms with Crippen molar-refractivity contribution in [2.75, 3.05) is 7.11 Å². The number of rotatable bonds is 5. The standard InChI is InChI=1S/C17H22N2O5/c1-23-13-7-6-10(8-14(13)24-11-4-2-3-5-11)16(21)18-12-9-15(20)19-17(12)22/h6-8,11-12,17,22H,2-5,9H2,1H3,(H,18,21)(H,19,20)/t12-,17?/m0/s1. The molecule has 2 aliphatic rings. The van der Waals surface area contributed by atoms with E-state index in [0.29, 0.717) is 17.1 Å². The van der Waals surface area contributed by atoms with E-state index in [0.717, 1.165) is 25.7 Å². The van der Waals surface area contributed by atoms with Crippen LogP contribution in [0.25, 0.3) is 0 Å². The van der Waals surface area contributed by atoms with Gasteiger partial charge in [-0.25, -0.2) is 0 Å². The fourth-order valence-electron chi connectivity index (χ4n) is 3.11. The lowest BCUT2D eigenvalue weighted by molar-refractivity contribution is -0.120. The number of aliphatic hydroxyl groups is 1. The molecule has 2 amide bonds. The van der Waals surface area contributed by atoms with E-state index in [1.165, 1.54) is 0 Å². The van der Waals surface area contributed by atoms with Gasteiger partial charge < -0.3 is 25.2 Å². The first kappa shape index (κ1) is 16.6. The average Bonchev–Trinajstić information content (AvgIpc) is 3.17. The van der Waals surface area contributed by atoms with Crippen LogP contribution in [0.3, 0.4) is 0 Å². The highest BCUT2D eigenvalue weighted by Crippen LogP contribution is 2.32. The van der Waals surface area contributed by atoms with Gasteiger partial charge in [0.2, 0.25) is 5.91 Å². The SMILES string of the molecule is COc1ccc(C(=O)N[C@H]2CC(=O)NC2O)cc1OC1CCCC1. The molecule has 130 valence electrons. The molecule has 0 radical (unpaired) electrons. The molecule has 24 heavy (non-hydrogen) atoms. The predicted molar refractivity (Wildman–Crippen MR) is 85.9 cm³/mol. The second-order valence-electron chi connectivity index (χ2n) is 6.19. The Bertz CT molecular complexity index is 627. The molecule has 3 N–H and O–H groups in total. The molecule has 1 saturated carbocycles. The van der Waals surface area contributed by atoms with Gasteiger partial charge in [-0.3, -0.25) is 9.59 Å². The van der Waals surface area contributed by atoms with Crippen molar-refractivity contribution in [3.8, 4) is 11.5 Å². The first-order valence-electron chi connectivity index (χ1n) is 8.20. The number of benzene rings is 1. The minimum Gasteiger partial charge on any atom is -0.493 e. The number of carbonyl (C=O) groups excluding carboxylic acids is 2. The lowest BCUT2D eigenvalue weighted by Gasteiger charge is -2.18. The third-order valence-electron chi connectivity index (χ3n) is 4.43. The normalized spacial score (nSPS) is 23.8. The van der Waals surface area contributed by atoms with Gasteiger partial charge in [0.15, 0.2) is 11.5 Å². The van der Waals surface area contributed by atoms with E-state index < -0.39 is 12.3 Å². The monoisotopic (exact) mass is 334 g/mol. The number of amides is 2. The molecule has 1 aliphatic heterocycles. The summed E-state index contributed by atoms with van der Waals surface area (Å²) in [4.78, 5) is 23.6. The smallest absolute Gasteiger partial charge is 0.251 e. The zero-order chi connectivity index (χ0) is 17.1. The lowest BCUT2D eigenvalue weighted by atomic mass is 10.1. The Kier molecular flexibility index (Phi) is 4.89. The van der Waals surface area contributed by atoms with Gasteiger partial charge in [-0.2, -0.15) is 0 Å². The predicted octanol–water partition coefficient (Wildman–Crippen LogP) is 0.953. The Hall–Kier alpha value is -2.28. The molecule has 2 fully saturated rings. The van der Waals surface area contributed by atoms with Crippen molar-refractivity contribution in [1.29, 1.82) is 0 Å². The van der Waals surface area contributed by atoms with Crippen molar-refractivity contribution >= 4 is 11.8 Å². The third-order valence-corrected chi connectivity index (χ3v) is 4.43. The van der Waals surface area contributed by atoms with E-state index in [1.807, 2.05) is 0 Å². The highest BCUT2D eigenvalue weighted by molar-refractivity contribution is 5.95. The van der Waals surface area contributed by atoms with Gasteiger partial charge in [0.1, 0.15) is 6.23 Å². The second-order valence-corrected chi connectivity index (χ2v) is 6.19. The van der Waals surface area contributed by atoms with Crippen LogP contribution >= 0.6 is 0 Å². The lowest BCUT2D eigenvalue weighted by Crippen LogP contribution is -2.43. The zero-order valence-electron chi connectivity index (χ0n) is 13.6. The summed E-state index contributed by atoms with van der Waals surface area (Å²) in [7, 11) is 1.56. The van der Waals surface area contributed by atoms with Crippen LogP contribution in [0.5, 0.6) is 11.5 Å². The molecule has 1 unspecified atom stereocenters. The molecule has 0 spiro atoms. The van der Waals surface area contributed by atoms with Crippen LogP contribution in [0.1, 0.15) is 42.5 Å². The highest BCUT2D eigenvalue weighted by Gasteiger charge is 2.32. The minimum absolute atomic E-state index is 0.0640. The summed E-state index contributed by atoms with van der Waals surface area (Å²) in [6.45, 7) is 0. The molecule has 1 aliphatic carbocycles. The minimum atomic E-state index is -1.06. The van der Waals surface area contributed by atoms with Crippen LogP contribution in [0.15, 0.2) is 18.2 Å². The Labute approximate surface area is 140 Å². The maximum atomic E-state index is 12.4. The molecule has 1 aromatic rings. The molecule has 0 bridgehead atoms. The molecule has 1 aromatic carbocycles. The van der Waals surface area contributed by atoms with Gasteiger partial charge in [0, 0.05) is 5.56 Å². The zero-order valence-corrected chi connectivity index (χ0v) is 13.6. The van der Waals surface area contributed by atoms with E-state index >= 15 is 0 Å². The van der Waals surface area contributed by atoms with Crippen molar-refractivity contribution in [1.82, 2.24) is 10.6 Å². The van der Waals surface area contributed by atoms with E-state index in [4.69, 9.17) is 9.47 Å². The number of aliphatic hydroxyl groups excluding tert-OH is 1. The number of methoxy groups -OCH3 is 1. The molecule has 1 saturated heterocycles. The number of hydrogen-bond acceptors (Lipinski definition) is 5.